The van der Waals surface area contributed by atoms with Crippen LogP contribution in [-0.2, 0) is 4.79 Å². The molecule has 2 aromatic rings. The number of fused-ring (bicyclic) bond motifs is 1. The number of rotatable bonds is 2. The van der Waals surface area contributed by atoms with Gasteiger partial charge in [-0.2, -0.15) is 0 Å². The van der Waals surface area contributed by atoms with E-state index in [1.807, 2.05) is 24.3 Å². The van der Waals surface area contributed by atoms with Crippen LogP contribution in [0.25, 0.3) is 0 Å². The molecule has 1 saturated carbocycles. The normalized spacial score (nSPS) is 22.2. The number of carbonyl (C=O) groups is 1. The summed E-state index contributed by atoms with van der Waals surface area (Å²) in [7, 11) is 1.72. The maximum Gasteiger partial charge on any atom is 0.272 e. The summed E-state index contributed by atoms with van der Waals surface area (Å²) in [5.74, 6) is 0.152. The number of hydrogen-bond donors (Lipinski definition) is 1. The average molecular weight is 487 g/mol. The number of nitrogens with one attached hydrogen (secondary N) is 1. The molecule has 8 heteroatoms. The van der Waals surface area contributed by atoms with E-state index in [2.05, 4.69) is 17.2 Å². The van der Waals surface area contributed by atoms with Crippen molar-refractivity contribution in [3.63, 3.8) is 0 Å². The Morgan fingerprint density at radius 3 is 2.72 bits per heavy atom. The fourth-order valence-electron chi connectivity index (χ4n) is 4.12. The third-order valence-corrected chi connectivity index (χ3v) is 6.69. The standard InChI is InChI=1S/C24H24Cl2N4OS/c1-14-7-3-6-10-19(14)27-24(32)29-22-23(31)30(2)20-12-11-15(25)13-17(20)21(28-22)16-8-4-5-9-18(16)26/h4-5,8-9,11-14,22H,3,6-7,10H2,1-2H3,(H,29,32)/b27-19-. The lowest BCUT2D eigenvalue weighted by molar-refractivity contribution is -0.119. The summed E-state index contributed by atoms with van der Waals surface area (Å²) in [6.07, 6.45) is 3.42. The number of carbonyl (C=O) groups excluding carboxylic acids is 1. The molecule has 2 aliphatic rings. The van der Waals surface area contributed by atoms with Gasteiger partial charge in [-0.05, 0) is 61.7 Å². The lowest BCUT2D eigenvalue weighted by Crippen LogP contribution is -2.45. The van der Waals surface area contributed by atoms with Crippen LogP contribution in [0.4, 0.5) is 5.69 Å². The smallest absolute Gasteiger partial charge is 0.272 e. The van der Waals surface area contributed by atoms with Crippen LogP contribution in [0.2, 0.25) is 10.0 Å². The number of hydrogen-bond acceptors (Lipinski definition) is 3. The van der Waals surface area contributed by atoms with E-state index in [0.29, 0.717) is 32.9 Å². The molecule has 1 amide bonds. The molecule has 166 valence electrons. The largest absolute Gasteiger partial charge is 0.331 e. The number of benzene rings is 2. The van der Waals surface area contributed by atoms with Crippen molar-refractivity contribution in [2.24, 2.45) is 15.9 Å². The summed E-state index contributed by atoms with van der Waals surface area (Å²) in [4.78, 5) is 24.3. The first kappa shape index (κ1) is 22.9. The van der Waals surface area contributed by atoms with Crippen LogP contribution in [0.1, 0.15) is 43.7 Å². The van der Waals surface area contributed by atoms with E-state index >= 15 is 0 Å². The maximum absolute atomic E-state index is 13.3. The van der Waals surface area contributed by atoms with Gasteiger partial charge in [-0.3, -0.25) is 4.79 Å². The fourth-order valence-corrected chi connectivity index (χ4v) is 4.75. The maximum atomic E-state index is 13.3. The van der Waals surface area contributed by atoms with Crippen molar-refractivity contribution in [3.8, 4) is 0 Å². The van der Waals surface area contributed by atoms with Crippen LogP contribution < -0.4 is 10.2 Å². The van der Waals surface area contributed by atoms with E-state index in [1.54, 1.807) is 30.1 Å². The summed E-state index contributed by atoms with van der Waals surface area (Å²) < 4.78 is 0. The molecule has 4 rings (SSSR count). The van der Waals surface area contributed by atoms with E-state index in [0.717, 1.165) is 30.5 Å². The van der Waals surface area contributed by atoms with Gasteiger partial charge >= 0.3 is 0 Å². The highest BCUT2D eigenvalue weighted by Gasteiger charge is 2.31. The van der Waals surface area contributed by atoms with Crippen molar-refractivity contribution in [3.05, 3.63) is 63.6 Å². The van der Waals surface area contributed by atoms with E-state index in [-0.39, 0.29) is 11.0 Å². The SMILES string of the molecule is CC1CCCC/C1=N/C(=S)NC1N=C(c2ccccc2Cl)c2cc(Cl)ccc2N(C)C1=O. The van der Waals surface area contributed by atoms with Crippen LogP contribution in [0.5, 0.6) is 0 Å². The minimum absolute atomic E-state index is 0.241. The zero-order valence-electron chi connectivity index (χ0n) is 17.9. The van der Waals surface area contributed by atoms with Gasteiger partial charge in [-0.1, -0.05) is 54.7 Å². The molecule has 0 bridgehead atoms. The molecule has 1 aliphatic heterocycles. The van der Waals surface area contributed by atoms with Gasteiger partial charge < -0.3 is 10.2 Å². The first-order valence-corrected chi connectivity index (χ1v) is 11.8. The van der Waals surface area contributed by atoms with Gasteiger partial charge in [0.15, 0.2) is 5.11 Å². The summed E-state index contributed by atoms with van der Waals surface area (Å²) >= 11 is 18.3. The Balaban J connectivity index is 1.76. The van der Waals surface area contributed by atoms with Gasteiger partial charge in [0.25, 0.3) is 5.91 Å². The first-order chi connectivity index (χ1) is 15.3. The number of aliphatic imine (C=N–C) groups is 2. The van der Waals surface area contributed by atoms with Crippen molar-refractivity contribution >= 4 is 63.6 Å². The predicted molar refractivity (Wildman–Crippen MR) is 137 cm³/mol. The molecular formula is C24H24Cl2N4OS. The molecule has 0 aromatic heterocycles. The number of anilines is 1. The number of thiocarbonyl (C=S) groups is 1. The number of amides is 1. The number of nitrogens with zero attached hydrogens (tertiary/aromatic N) is 3. The van der Waals surface area contributed by atoms with E-state index < -0.39 is 6.17 Å². The molecular weight excluding hydrogens is 463 g/mol. The summed E-state index contributed by atoms with van der Waals surface area (Å²) in [6.45, 7) is 2.17. The highest BCUT2D eigenvalue weighted by atomic mass is 35.5. The third kappa shape index (κ3) is 4.72. The average Bonchev–Trinajstić information content (AvgIpc) is 2.86. The molecule has 2 atom stereocenters. The lowest BCUT2D eigenvalue weighted by atomic mass is 9.89. The number of benzodiazepines with no additional fused rings is 1. The summed E-state index contributed by atoms with van der Waals surface area (Å²) in [6, 6.07) is 12.8. The monoisotopic (exact) mass is 486 g/mol. The topological polar surface area (TPSA) is 57.1 Å². The fraction of sp³-hybridized carbons (Fsp3) is 0.333. The van der Waals surface area contributed by atoms with Gasteiger partial charge in [-0.15, -0.1) is 0 Å². The second-order valence-electron chi connectivity index (χ2n) is 8.12. The van der Waals surface area contributed by atoms with Crippen molar-refractivity contribution in [2.75, 3.05) is 11.9 Å². The third-order valence-electron chi connectivity index (χ3n) is 5.92. The van der Waals surface area contributed by atoms with Crippen LogP contribution in [0.15, 0.2) is 52.4 Å². The Bertz CT molecular complexity index is 1130. The molecule has 32 heavy (non-hydrogen) atoms. The highest BCUT2D eigenvalue weighted by Crippen LogP contribution is 2.32. The Morgan fingerprint density at radius 1 is 1.19 bits per heavy atom. The first-order valence-electron chi connectivity index (χ1n) is 10.6. The second kappa shape index (κ2) is 9.69. The molecule has 1 fully saturated rings. The van der Waals surface area contributed by atoms with Crippen LogP contribution in [0, 0.1) is 5.92 Å². The van der Waals surface area contributed by atoms with Crippen molar-refractivity contribution in [1.82, 2.24) is 5.32 Å². The van der Waals surface area contributed by atoms with Crippen LogP contribution in [0.3, 0.4) is 0 Å². The Morgan fingerprint density at radius 2 is 1.97 bits per heavy atom. The quantitative estimate of drug-likeness (QED) is 0.557. The molecule has 5 nitrogen and oxygen atoms in total. The molecule has 1 heterocycles. The zero-order valence-corrected chi connectivity index (χ0v) is 20.3. The molecule has 0 radical (unpaired) electrons. The Kier molecular flexibility index (Phi) is 6.93. The highest BCUT2D eigenvalue weighted by molar-refractivity contribution is 7.80. The molecule has 2 aromatic carbocycles. The van der Waals surface area contributed by atoms with Crippen molar-refractivity contribution < 1.29 is 4.79 Å². The summed E-state index contributed by atoms with van der Waals surface area (Å²) in [5.41, 5.74) is 3.79. The Labute approximate surface area is 203 Å². The van der Waals surface area contributed by atoms with E-state index in [9.17, 15) is 4.79 Å². The van der Waals surface area contributed by atoms with Gasteiger partial charge in [0.05, 0.1) is 11.4 Å². The molecule has 0 saturated heterocycles. The second-order valence-corrected chi connectivity index (χ2v) is 9.35. The number of halogens is 2. The van der Waals surface area contributed by atoms with Gasteiger partial charge in [0.1, 0.15) is 0 Å². The van der Waals surface area contributed by atoms with Crippen molar-refractivity contribution in [1.29, 1.82) is 0 Å². The molecule has 1 N–H and O–H groups in total. The molecule has 1 aliphatic carbocycles. The van der Waals surface area contributed by atoms with E-state index in [4.69, 9.17) is 40.4 Å². The summed E-state index contributed by atoms with van der Waals surface area (Å²) in [5, 5.41) is 4.41. The number of likely N-dealkylation sites (N-methyl/N-ethyl adjacent to an activating group) is 1. The Hall–Kier alpha value is -2.28. The van der Waals surface area contributed by atoms with Crippen LogP contribution in [-0.4, -0.2) is 35.7 Å². The zero-order chi connectivity index (χ0) is 22.8. The van der Waals surface area contributed by atoms with Gasteiger partial charge in [0, 0.05) is 33.9 Å². The van der Waals surface area contributed by atoms with E-state index in [1.165, 1.54) is 6.42 Å². The lowest BCUT2D eigenvalue weighted by Gasteiger charge is -2.22. The van der Waals surface area contributed by atoms with Gasteiger partial charge in [0.2, 0.25) is 6.17 Å². The van der Waals surface area contributed by atoms with Crippen LogP contribution >= 0.6 is 35.4 Å². The minimum Gasteiger partial charge on any atom is -0.331 e. The minimum atomic E-state index is -0.937. The predicted octanol–water partition coefficient (Wildman–Crippen LogP) is 5.66. The van der Waals surface area contributed by atoms with Gasteiger partial charge in [-0.25, -0.2) is 9.98 Å². The molecule has 0 spiro atoms. The van der Waals surface area contributed by atoms with Crippen molar-refractivity contribution in [2.45, 2.75) is 38.8 Å². The molecule has 2 unspecified atom stereocenters.